The second kappa shape index (κ2) is 6.19. The molecule has 0 bridgehead atoms. The molecule has 0 aliphatic carbocycles. The molecular formula is C9H8Cl2N2O3. The monoisotopic (exact) mass is 262 g/mol. The first kappa shape index (κ1) is 12.6. The van der Waals surface area contributed by atoms with Crippen molar-refractivity contribution in [3.63, 3.8) is 0 Å². The predicted octanol–water partition coefficient (Wildman–Crippen LogP) is 2.64. The number of carbonyl (C=O) groups is 2. The number of nitrogens with one attached hydrogen (secondary N) is 1. The lowest BCUT2D eigenvalue weighted by atomic mass is 10.2. The number of hydrogen-bond donors (Lipinski definition) is 1. The summed E-state index contributed by atoms with van der Waals surface area (Å²) in [6.45, 7) is 0.102. The van der Waals surface area contributed by atoms with Gasteiger partial charge in [-0.25, -0.2) is 15.2 Å². The van der Waals surface area contributed by atoms with Crippen LogP contribution in [-0.2, 0) is 10.8 Å². The Kier molecular flexibility index (Phi) is 4.88. The molecule has 0 unspecified atom stereocenters. The second-order valence-corrected chi connectivity index (χ2v) is 3.30. The summed E-state index contributed by atoms with van der Waals surface area (Å²) < 4.78 is 3.97. The zero-order valence-corrected chi connectivity index (χ0v) is 9.53. The van der Waals surface area contributed by atoms with Crippen LogP contribution in [0, 0.1) is 0 Å². The van der Waals surface area contributed by atoms with Gasteiger partial charge in [-0.3, -0.25) is 4.79 Å². The minimum Gasteiger partial charge on any atom is -0.329 e. The van der Waals surface area contributed by atoms with Crippen molar-refractivity contribution in [2.45, 2.75) is 6.54 Å². The molecule has 1 aromatic carbocycles. The van der Waals surface area contributed by atoms with Crippen LogP contribution >= 0.6 is 23.5 Å². The molecule has 0 fully saturated rings. The zero-order chi connectivity index (χ0) is 12.0. The molecule has 0 heterocycles. The Bertz CT molecular complexity index is 372. The van der Waals surface area contributed by atoms with Crippen LogP contribution in [-0.4, -0.2) is 16.5 Å². The van der Waals surface area contributed by atoms with Gasteiger partial charge < -0.3 is 4.29 Å². The Morgan fingerprint density at radius 2 is 1.94 bits per heavy atom. The molecule has 0 atom stereocenters. The number of hydrazine groups is 1. The smallest absolute Gasteiger partial charge is 0.329 e. The van der Waals surface area contributed by atoms with Crippen molar-refractivity contribution >= 4 is 34.9 Å². The lowest BCUT2D eigenvalue weighted by Gasteiger charge is -2.19. The van der Waals surface area contributed by atoms with E-state index in [1.807, 2.05) is 6.07 Å². The van der Waals surface area contributed by atoms with Crippen LogP contribution in [0.1, 0.15) is 5.56 Å². The third kappa shape index (κ3) is 3.96. The van der Waals surface area contributed by atoms with E-state index in [0.29, 0.717) is 0 Å². The third-order valence-electron chi connectivity index (χ3n) is 1.69. The van der Waals surface area contributed by atoms with Crippen molar-refractivity contribution in [1.29, 1.82) is 0 Å². The minimum absolute atomic E-state index is 0.102. The minimum atomic E-state index is -0.917. The highest BCUT2D eigenvalue weighted by Gasteiger charge is 2.16. The van der Waals surface area contributed by atoms with E-state index < -0.39 is 11.5 Å². The summed E-state index contributed by atoms with van der Waals surface area (Å²) in [6.07, 6.45) is -0.917. The van der Waals surface area contributed by atoms with Crippen LogP contribution in [0.4, 0.5) is 9.59 Å². The van der Waals surface area contributed by atoms with E-state index in [9.17, 15) is 9.59 Å². The van der Waals surface area contributed by atoms with Crippen molar-refractivity contribution in [2.24, 2.45) is 0 Å². The van der Waals surface area contributed by atoms with Crippen LogP contribution in [0.2, 0.25) is 0 Å². The summed E-state index contributed by atoms with van der Waals surface area (Å²) in [5, 5.41) is -0.0458. The van der Waals surface area contributed by atoms with Gasteiger partial charge in [-0.05, 0) is 17.2 Å². The quantitative estimate of drug-likeness (QED) is 0.507. The summed E-state index contributed by atoms with van der Waals surface area (Å²) in [4.78, 5) is 21.8. The molecule has 0 aromatic heterocycles. The Balaban J connectivity index is 2.70. The van der Waals surface area contributed by atoms with Crippen molar-refractivity contribution in [3.05, 3.63) is 35.9 Å². The number of carbonyl (C=O) groups excluding carboxylic acids is 2. The fourth-order valence-corrected chi connectivity index (χ4v) is 1.25. The molecule has 0 saturated heterocycles. The number of halogens is 2. The predicted molar refractivity (Wildman–Crippen MR) is 58.7 cm³/mol. The highest BCUT2D eigenvalue weighted by molar-refractivity contribution is 6.62. The number of nitrogens with zero attached hydrogens (tertiary/aromatic N) is 1. The largest absolute Gasteiger partial charge is 0.447 e. The van der Waals surface area contributed by atoms with Crippen molar-refractivity contribution in [1.82, 2.24) is 10.4 Å². The first-order valence-electron chi connectivity index (χ1n) is 4.23. The molecule has 1 aromatic rings. The summed E-state index contributed by atoms with van der Waals surface area (Å²) in [5.41, 5.74) is 2.87. The Labute approximate surface area is 102 Å². The zero-order valence-electron chi connectivity index (χ0n) is 8.02. The maximum absolute atomic E-state index is 11.2. The SMILES string of the molecule is O=C(Cl)NN(Cc1ccccc1)C(=O)OCl. The van der Waals surface area contributed by atoms with Gasteiger partial charge in [0, 0.05) is 0 Å². The van der Waals surface area contributed by atoms with Crippen LogP contribution in [0.3, 0.4) is 0 Å². The number of amides is 2. The van der Waals surface area contributed by atoms with E-state index in [1.165, 1.54) is 0 Å². The van der Waals surface area contributed by atoms with Gasteiger partial charge in [-0.1, -0.05) is 30.3 Å². The highest BCUT2D eigenvalue weighted by atomic mass is 35.5. The van der Waals surface area contributed by atoms with Gasteiger partial charge in [0.1, 0.15) is 11.9 Å². The first-order valence-corrected chi connectivity index (χ1v) is 4.92. The summed E-state index contributed by atoms with van der Waals surface area (Å²) >= 11 is 10.0. The topological polar surface area (TPSA) is 58.6 Å². The molecule has 0 spiro atoms. The first-order chi connectivity index (χ1) is 7.63. The van der Waals surface area contributed by atoms with E-state index in [0.717, 1.165) is 10.6 Å². The molecule has 1 N–H and O–H groups in total. The number of hydrogen-bond acceptors (Lipinski definition) is 3. The van der Waals surface area contributed by atoms with E-state index in [-0.39, 0.29) is 6.54 Å². The van der Waals surface area contributed by atoms with E-state index in [4.69, 9.17) is 23.5 Å². The van der Waals surface area contributed by atoms with Crippen molar-refractivity contribution in [3.8, 4) is 0 Å². The van der Waals surface area contributed by atoms with Gasteiger partial charge in [0.2, 0.25) is 0 Å². The lowest BCUT2D eigenvalue weighted by molar-refractivity contribution is 0.134. The van der Waals surface area contributed by atoms with Gasteiger partial charge in [-0.2, -0.15) is 0 Å². The van der Waals surface area contributed by atoms with Crippen molar-refractivity contribution in [2.75, 3.05) is 0 Å². The summed E-state index contributed by atoms with van der Waals surface area (Å²) in [6, 6.07) is 8.96. The lowest BCUT2D eigenvalue weighted by Crippen LogP contribution is -2.43. The van der Waals surface area contributed by atoms with E-state index >= 15 is 0 Å². The molecule has 86 valence electrons. The van der Waals surface area contributed by atoms with Gasteiger partial charge in [0.05, 0.1) is 6.54 Å². The highest BCUT2D eigenvalue weighted by Crippen LogP contribution is 2.05. The average molecular weight is 263 g/mol. The van der Waals surface area contributed by atoms with E-state index in [2.05, 4.69) is 9.72 Å². The van der Waals surface area contributed by atoms with Crippen LogP contribution in [0.5, 0.6) is 0 Å². The molecule has 7 heteroatoms. The fourth-order valence-electron chi connectivity index (χ4n) is 1.06. The maximum Gasteiger partial charge on any atom is 0.447 e. The fraction of sp³-hybridized carbons (Fsp3) is 0.111. The number of rotatable bonds is 2. The normalized spacial score (nSPS) is 9.38. The molecular weight excluding hydrogens is 255 g/mol. The number of benzene rings is 1. The van der Waals surface area contributed by atoms with Gasteiger partial charge in [-0.15, -0.1) is 0 Å². The standard InChI is InChI=1S/C9H8Cl2N2O3/c10-8(14)12-13(9(15)16-11)6-7-4-2-1-3-5-7/h1-5H,6H2,(H,12,14). The second-order valence-electron chi connectivity index (χ2n) is 2.80. The average Bonchev–Trinajstić information content (AvgIpc) is 2.28. The maximum atomic E-state index is 11.2. The molecule has 0 saturated carbocycles. The van der Waals surface area contributed by atoms with Crippen molar-refractivity contribution < 1.29 is 13.9 Å². The third-order valence-corrected chi connectivity index (χ3v) is 1.91. The van der Waals surface area contributed by atoms with Gasteiger partial charge in [0.25, 0.3) is 0 Å². The molecule has 0 aliphatic heterocycles. The Morgan fingerprint density at radius 1 is 1.31 bits per heavy atom. The molecule has 2 amide bonds. The Hall–Kier alpha value is -1.46. The van der Waals surface area contributed by atoms with Crippen LogP contribution < -0.4 is 5.43 Å². The summed E-state index contributed by atoms with van der Waals surface area (Å²) in [7, 11) is 0. The van der Waals surface area contributed by atoms with Gasteiger partial charge in [0.15, 0.2) is 0 Å². The molecule has 0 aliphatic rings. The summed E-state index contributed by atoms with van der Waals surface area (Å²) in [5.74, 6) is 0. The van der Waals surface area contributed by atoms with Crippen LogP contribution in [0.15, 0.2) is 30.3 Å². The Morgan fingerprint density at radius 3 is 2.44 bits per heavy atom. The van der Waals surface area contributed by atoms with Crippen LogP contribution in [0.25, 0.3) is 0 Å². The molecule has 5 nitrogen and oxygen atoms in total. The molecule has 16 heavy (non-hydrogen) atoms. The molecule has 0 radical (unpaired) electrons. The van der Waals surface area contributed by atoms with Gasteiger partial charge >= 0.3 is 11.5 Å². The molecule has 1 rings (SSSR count). The van der Waals surface area contributed by atoms with E-state index in [1.54, 1.807) is 24.3 Å².